The second-order valence-corrected chi connectivity index (χ2v) is 9.94. The lowest BCUT2D eigenvalue weighted by Gasteiger charge is -2.29. The molecule has 0 bridgehead atoms. The van der Waals surface area contributed by atoms with Gasteiger partial charge in [0.25, 0.3) is 0 Å². The molecule has 0 fully saturated rings. The Kier molecular flexibility index (Phi) is 4.71. The van der Waals surface area contributed by atoms with Crippen LogP contribution < -0.4 is 10.9 Å². The second-order valence-electron chi connectivity index (χ2n) is 6.96. The molecule has 0 aromatic heterocycles. The molecule has 2 unspecified atom stereocenters. The van der Waals surface area contributed by atoms with Crippen molar-refractivity contribution in [3.8, 4) is 0 Å². The molecule has 6 heteroatoms. The third kappa shape index (κ3) is 3.76. The largest absolute Gasteiger partial charge is 0.293 e. The van der Waals surface area contributed by atoms with Crippen LogP contribution in [0.4, 0.5) is 0 Å². The Hall–Kier alpha value is -1.92. The van der Waals surface area contributed by atoms with E-state index in [1.165, 1.54) is 11.1 Å². The fourth-order valence-electron chi connectivity index (χ4n) is 2.96. The lowest BCUT2D eigenvalue weighted by Crippen LogP contribution is -2.38. The Morgan fingerprint density at radius 1 is 0.692 bits per heavy atom. The summed E-state index contributed by atoms with van der Waals surface area (Å²) in [5.41, 5.74) is 9.02. The minimum absolute atomic E-state index is 0.0913. The Labute approximate surface area is 162 Å². The molecule has 0 amide bonds. The maximum absolute atomic E-state index is 4.56. The summed E-state index contributed by atoms with van der Waals surface area (Å²) in [6.07, 6.45) is 1.98. The van der Waals surface area contributed by atoms with Gasteiger partial charge in [0, 0.05) is 11.1 Å². The Morgan fingerprint density at radius 2 is 1.08 bits per heavy atom. The van der Waals surface area contributed by atoms with Crippen LogP contribution in [0.2, 0.25) is 0 Å². The average Bonchev–Trinajstić information content (AvgIpc) is 3.27. The van der Waals surface area contributed by atoms with Gasteiger partial charge in [-0.3, -0.25) is 10.9 Å². The van der Waals surface area contributed by atoms with Gasteiger partial charge in [0.2, 0.25) is 0 Å². The molecule has 2 N–H and O–H groups in total. The van der Waals surface area contributed by atoms with Crippen LogP contribution in [0.3, 0.4) is 0 Å². The van der Waals surface area contributed by atoms with Gasteiger partial charge < -0.3 is 0 Å². The quantitative estimate of drug-likeness (QED) is 0.794. The summed E-state index contributed by atoms with van der Waals surface area (Å²) in [6.45, 7) is 4.44. The summed E-state index contributed by atoms with van der Waals surface area (Å²) in [6, 6.07) is 20.7. The van der Waals surface area contributed by atoms with Gasteiger partial charge >= 0.3 is 0 Å². The first-order chi connectivity index (χ1) is 12.6. The van der Waals surface area contributed by atoms with Crippen molar-refractivity contribution in [2.45, 2.75) is 36.4 Å². The second kappa shape index (κ2) is 7.00. The first-order valence-electron chi connectivity index (χ1n) is 8.74. The van der Waals surface area contributed by atoms with E-state index < -0.39 is 0 Å². The molecule has 4 rings (SSSR count). The molecule has 2 aliphatic rings. The molecule has 0 aliphatic carbocycles. The molecule has 134 valence electrons. The smallest absolute Gasteiger partial charge is 0.126 e. The van der Waals surface area contributed by atoms with Crippen molar-refractivity contribution < 1.29 is 0 Å². The van der Waals surface area contributed by atoms with Crippen molar-refractivity contribution in [3.05, 3.63) is 71.8 Å². The fourth-order valence-corrected chi connectivity index (χ4v) is 5.09. The predicted octanol–water partition coefficient (Wildman–Crippen LogP) is 4.60. The van der Waals surface area contributed by atoms with Crippen molar-refractivity contribution in [2.75, 3.05) is 0 Å². The van der Waals surface area contributed by atoms with Crippen molar-refractivity contribution in [2.24, 2.45) is 10.2 Å². The van der Waals surface area contributed by atoms with Crippen LogP contribution in [0.1, 0.15) is 37.8 Å². The van der Waals surface area contributed by atoms with Crippen molar-refractivity contribution in [1.82, 2.24) is 10.9 Å². The van der Waals surface area contributed by atoms with Crippen molar-refractivity contribution >= 4 is 33.6 Å². The Balaban J connectivity index is 1.35. The number of nitrogens with zero attached hydrogens (tertiary/aromatic N) is 2. The minimum Gasteiger partial charge on any atom is -0.293 e. The highest BCUT2D eigenvalue weighted by molar-refractivity contribution is 8.16. The monoisotopic (exact) mass is 382 g/mol. The van der Waals surface area contributed by atoms with E-state index in [1.54, 1.807) is 0 Å². The van der Waals surface area contributed by atoms with Gasteiger partial charge in [0.05, 0.1) is 0 Å². The summed E-state index contributed by atoms with van der Waals surface area (Å²) in [4.78, 5) is -0.183. The number of thioether (sulfide) groups is 2. The third-order valence-corrected chi connectivity index (χ3v) is 7.08. The van der Waals surface area contributed by atoms with Gasteiger partial charge in [-0.05, 0) is 26.7 Å². The first kappa shape index (κ1) is 17.5. The molecular formula is C20H22N4S2. The molecule has 2 aromatic carbocycles. The van der Waals surface area contributed by atoms with E-state index in [0.717, 1.165) is 22.9 Å². The van der Waals surface area contributed by atoms with Gasteiger partial charge in [0.1, 0.15) is 19.8 Å². The van der Waals surface area contributed by atoms with Gasteiger partial charge in [-0.25, -0.2) is 0 Å². The molecule has 2 aromatic rings. The molecule has 0 spiro atoms. The summed E-state index contributed by atoms with van der Waals surface area (Å²) in [7, 11) is 0. The van der Waals surface area contributed by atoms with E-state index in [1.807, 2.05) is 35.7 Å². The molecule has 0 radical (unpaired) electrons. The lowest BCUT2D eigenvalue weighted by atomic mass is 10.1. The molecule has 2 heterocycles. The van der Waals surface area contributed by atoms with Crippen LogP contribution in [0.25, 0.3) is 0 Å². The summed E-state index contributed by atoms with van der Waals surface area (Å²) in [5.74, 6) is 0. The summed E-state index contributed by atoms with van der Waals surface area (Å²) >= 11 is 3.62. The maximum Gasteiger partial charge on any atom is 0.126 e. The predicted molar refractivity (Wildman–Crippen MR) is 113 cm³/mol. The fraction of sp³-hybridized carbons (Fsp3) is 0.300. The number of hydrogen-bond donors (Lipinski definition) is 2. The van der Waals surface area contributed by atoms with Crippen molar-refractivity contribution in [3.63, 3.8) is 0 Å². The van der Waals surface area contributed by atoms with Gasteiger partial charge in [-0.15, -0.1) is 0 Å². The topological polar surface area (TPSA) is 48.8 Å². The Bertz CT molecular complexity index is 766. The Morgan fingerprint density at radius 3 is 1.46 bits per heavy atom. The van der Waals surface area contributed by atoms with Crippen LogP contribution in [0.15, 0.2) is 70.9 Å². The molecule has 0 saturated heterocycles. The standard InChI is InChI=1S/C20H22N4S2/c1-19(23-21-17(25-19)15-9-5-3-6-10-15)13-14-20(2)24-22-18(26-20)16-11-7-4-8-12-16/h3-12,23-24H,13-14H2,1-2H3. The van der Waals surface area contributed by atoms with Gasteiger partial charge in [0.15, 0.2) is 0 Å². The van der Waals surface area contributed by atoms with E-state index in [4.69, 9.17) is 0 Å². The average molecular weight is 383 g/mol. The number of hydrogen-bond acceptors (Lipinski definition) is 6. The highest BCUT2D eigenvalue weighted by atomic mass is 32.2. The number of rotatable bonds is 5. The van der Waals surface area contributed by atoms with E-state index in [9.17, 15) is 0 Å². The normalized spacial score (nSPS) is 27.5. The molecular weight excluding hydrogens is 360 g/mol. The van der Waals surface area contributed by atoms with Crippen LogP contribution in [0, 0.1) is 0 Å². The summed E-state index contributed by atoms with van der Waals surface area (Å²) in [5, 5.41) is 11.2. The maximum atomic E-state index is 4.56. The van der Waals surface area contributed by atoms with E-state index in [2.05, 4.69) is 83.4 Å². The van der Waals surface area contributed by atoms with E-state index in [0.29, 0.717) is 0 Å². The minimum atomic E-state index is -0.0913. The SMILES string of the molecule is CC1(CCC2(C)NN=C(c3ccccc3)S2)NN=C(c2ccccc2)S1. The third-order valence-electron chi connectivity index (χ3n) is 4.55. The molecule has 4 nitrogen and oxygen atoms in total. The highest BCUT2D eigenvalue weighted by Gasteiger charge is 2.38. The van der Waals surface area contributed by atoms with E-state index >= 15 is 0 Å². The molecule has 0 saturated carbocycles. The van der Waals surface area contributed by atoms with Crippen LogP contribution >= 0.6 is 23.5 Å². The molecule has 26 heavy (non-hydrogen) atoms. The van der Waals surface area contributed by atoms with Crippen LogP contribution in [0.5, 0.6) is 0 Å². The highest BCUT2D eigenvalue weighted by Crippen LogP contribution is 2.41. The van der Waals surface area contributed by atoms with Crippen LogP contribution in [-0.4, -0.2) is 19.8 Å². The molecule has 2 aliphatic heterocycles. The van der Waals surface area contributed by atoms with Gasteiger partial charge in [-0.2, -0.15) is 10.2 Å². The first-order valence-corrected chi connectivity index (χ1v) is 10.4. The van der Waals surface area contributed by atoms with Crippen molar-refractivity contribution in [1.29, 1.82) is 0 Å². The number of hydrazone groups is 2. The summed E-state index contributed by atoms with van der Waals surface area (Å²) < 4.78 is 0. The number of benzene rings is 2. The van der Waals surface area contributed by atoms with Crippen LogP contribution in [-0.2, 0) is 0 Å². The van der Waals surface area contributed by atoms with Gasteiger partial charge in [-0.1, -0.05) is 84.2 Å². The zero-order valence-corrected chi connectivity index (χ0v) is 16.5. The van der Waals surface area contributed by atoms with E-state index in [-0.39, 0.29) is 9.74 Å². The zero-order chi connectivity index (χ0) is 18.0. The number of nitrogens with one attached hydrogen (secondary N) is 2. The molecule has 2 atom stereocenters. The zero-order valence-electron chi connectivity index (χ0n) is 14.9. The lowest BCUT2D eigenvalue weighted by molar-refractivity contribution is 0.409.